The number of nitrogens with zero attached hydrogens (tertiary/aromatic N) is 3. The van der Waals surface area contributed by atoms with Gasteiger partial charge in [0.05, 0.1) is 11.8 Å². The van der Waals surface area contributed by atoms with E-state index in [4.69, 9.17) is 4.74 Å². The van der Waals surface area contributed by atoms with Gasteiger partial charge in [0.15, 0.2) is 17.1 Å². The molecule has 2 unspecified atom stereocenters. The highest BCUT2D eigenvalue weighted by Crippen LogP contribution is 2.25. The van der Waals surface area contributed by atoms with E-state index in [9.17, 15) is 4.79 Å². The van der Waals surface area contributed by atoms with Crippen molar-refractivity contribution in [3.63, 3.8) is 0 Å². The summed E-state index contributed by atoms with van der Waals surface area (Å²) in [6.07, 6.45) is -0.255. The molecular formula is C22H26N4O2S. The summed E-state index contributed by atoms with van der Waals surface area (Å²) < 4.78 is 7.92. The lowest BCUT2D eigenvalue weighted by Crippen LogP contribution is -2.28. The van der Waals surface area contributed by atoms with Crippen molar-refractivity contribution in [3.05, 3.63) is 71.5 Å². The van der Waals surface area contributed by atoms with E-state index in [-0.39, 0.29) is 23.8 Å². The Morgan fingerprint density at radius 3 is 2.52 bits per heavy atom. The number of carbonyl (C=O) groups excluding carboxylic acids is 1. The van der Waals surface area contributed by atoms with Crippen LogP contribution in [0.2, 0.25) is 0 Å². The summed E-state index contributed by atoms with van der Waals surface area (Å²) in [5, 5.41) is 12.2. The molecular weight excluding hydrogens is 384 g/mol. The molecule has 1 aromatic heterocycles. The minimum Gasteiger partial charge on any atom is -0.482 e. The normalized spacial score (nSPS) is 13.0. The largest absolute Gasteiger partial charge is 0.482 e. The molecule has 0 aliphatic heterocycles. The van der Waals surface area contributed by atoms with E-state index < -0.39 is 0 Å². The van der Waals surface area contributed by atoms with Crippen LogP contribution in [0.5, 0.6) is 5.75 Å². The second-order valence-electron chi connectivity index (χ2n) is 6.91. The zero-order chi connectivity index (χ0) is 20.8. The van der Waals surface area contributed by atoms with Crippen LogP contribution in [-0.4, -0.2) is 26.4 Å². The van der Waals surface area contributed by atoms with E-state index in [0.29, 0.717) is 11.0 Å². The molecule has 3 aromatic rings. The van der Waals surface area contributed by atoms with Gasteiger partial charge in [0, 0.05) is 7.05 Å². The van der Waals surface area contributed by atoms with Gasteiger partial charge in [-0.05, 0) is 38.0 Å². The highest BCUT2D eigenvalue weighted by atomic mass is 32.2. The van der Waals surface area contributed by atoms with Crippen LogP contribution in [0.4, 0.5) is 0 Å². The zero-order valence-electron chi connectivity index (χ0n) is 17.1. The van der Waals surface area contributed by atoms with Gasteiger partial charge in [0.25, 0.3) is 0 Å². The first-order chi connectivity index (χ1) is 14.0. The van der Waals surface area contributed by atoms with Crippen molar-refractivity contribution >= 4 is 17.7 Å². The third-order valence-corrected chi connectivity index (χ3v) is 5.66. The fourth-order valence-electron chi connectivity index (χ4n) is 2.98. The molecule has 7 heteroatoms. The van der Waals surface area contributed by atoms with Gasteiger partial charge in [-0.25, -0.2) is 0 Å². The van der Waals surface area contributed by atoms with Crippen molar-refractivity contribution in [1.82, 2.24) is 20.1 Å². The van der Waals surface area contributed by atoms with Crippen molar-refractivity contribution in [2.45, 2.75) is 38.1 Å². The molecule has 1 N–H and O–H groups in total. The number of hydrogen-bond acceptors (Lipinski definition) is 5. The van der Waals surface area contributed by atoms with Crippen molar-refractivity contribution in [2.75, 3.05) is 5.75 Å². The summed E-state index contributed by atoms with van der Waals surface area (Å²) in [5.74, 6) is 1.77. The third kappa shape index (κ3) is 5.38. The lowest BCUT2D eigenvalue weighted by Gasteiger charge is -2.16. The predicted molar refractivity (Wildman–Crippen MR) is 115 cm³/mol. The van der Waals surface area contributed by atoms with Gasteiger partial charge in [-0.15, -0.1) is 10.2 Å². The van der Waals surface area contributed by atoms with Gasteiger partial charge in [-0.3, -0.25) is 4.79 Å². The number of para-hydroxylation sites is 1. The Bertz CT molecular complexity index is 958. The molecule has 0 aliphatic carbocycles. The molecule has 0 spiro atoms. The minimum absolute atomic E-state index is 0.0399. The van der Waals surface area contributed by atoms with E-state index in [2.05, 4.69) is 15.5 Å². The summed E-state index contributed by atoms with van der Waals surface area (Å²) in [5.41, 5.74) is 2.15. The van der Waals surface area contributed by atoms with Gasteiger partial charge in [0.1, 0.15) is 5.75 Å². The number of nitrogens with one attached hydrogen (secondary N) is 1. The first kappa shape index (κ1) is 20.9. The molecule has 1 heterocycles. The van der Waals surface area contributed by atoms with Crippen LogP contribution in [0.15, 0.2) is 59.8 Å². The van der Waals surface area contributed by atoms with Crippen LogP contribution in [-0.2, 0) is 11.8 Å². The Balaban J connectivity index is 1.56. The molecule has 152 valence electrons. The van der Waals surface area contributed by atoms with Crippen LogP contribution in [0.1, 0.15) is 42.9 Å². The molecule has 0 fully saturated rings. The van der Waals surface area contributed by atoms with E-state index in [0.717, 1.165) is 16.9 Å². The number of benzene rings is 2. The Hall–Kier alpha value is -2.80. The van der Waals surface area contributed by atoms with Crippen molar-refractivity contribution in [1.29, 1.82) is 0 Å². The number of rotatable bonds is 8. The number of hydrogen-bond donors (Lipinski definition) is 1. The summed E-state index contributed by atoms with van der Waals surface area (Å²) in [4.78, 5) is 12.3. The van der Waals surface area contributed by atoms with Gasteiger partial charge in [-0.2, -0.15) is 0 Å². The Labute approximate surface area is 175 Å². The molecule has 0 saturated carbocycles. The second kappa shape index (κ2) is 9.60. The van der Waals surface area contributed by atoms with Gasteiger partial charge < -0.3 is 14.6 Å². The monoisotopic (exact) mass is 410 g/mol. The van der Waals surface area contributed by atoms with Crippen LogP contribution in [0.3, 0.4) is 0 Å². The van der Waals surface area contributed by atoms with E-state index >= 15 is 0 Å². The molecule has 6 nitrogen and oxygen atoms in total. The van der Waals surface area contributed by atoms with Crippen LogP contribution in [0.25, 0.3) is 0 Å². The summed E-state index contributed by atoms with van der Waals surface area (Å²) in [7, 11) is 1.89. The fourth-order valence-corrected chi connectivity index (χ4v) is 3.71. The highest BCUT2D eigenvalue weighted by Gasteiger charge is 2.19. The third-order valence-electron chi connectivity index (χ3n) is 4.64. The molecule has 0 saturated heterocycles. The standard InChI is InChI=1S/C22H26N4O2S/c1-15-10-8-9-13-19(15)28-17(3)21-24-25-22(26(21)4)29-14-20(27)23-16(2)18-11-6-5-7-12-18/h5-13,16-17H,14H2,1-4H3,(H,23,27). The minimum atomic E-state index is -0.255. The average molecular weight is 411 g/mol. The first-order valence-electron chi connectivity index (χ1n) is 9.54. The first-order valence-corrected chi connectivity index (χ1v) is 10.5. The quantitative estimate of drug-likeness (QED) is 0.563. The lowest BCUT2D eigenvalue weighted by molar-refractivity contribution is -0.119. The number of aryl methyl sites for hydroxylation is 1. The fraction of sp³-hybridized carbons (Fsp3) is 0.318. The van der Waals surface area contributed by atoms with Crippen molar-refractivity contribution in [2.24, 2.45) is 7.05 Å². The number of thioether (sulfide) groups is 1. The van der Waals surface area contributed by atoms with E-state index in [1.165, 1.54) is 11.8 Å². The topological polar surface area (TPSA) is 69.0 Å². The van der Waals surface area contributed by atoms with Gasteiger partial charge in [0.2, 0.25) is 5.91 Å². The van der Waals surface area contributed by atoms with Crippen LogP contribution < -0.4 is 10.1 Å². The van der Waals surface area contributed by atoms with E-state index in [1.54, 1.807) is 0 Å². The number of carbonyl (C=O) groups is 1. The molecule has 3 rings (SSSR count). The molecule has 0 radical (unpaired) electrons. The SMILES string of the molecule is Cc1ccccc1OC(C)c1nnc(SCC(=O)NC(C)c2ccccc2)n1C. The highest BCUT2D eigenvalue weighted by molar-refractivity contribution is 7.99. The van der Waals surface area contributed by atoms with Crippen molar-refractivity contribution < 1.29 is 9.53 Å². The summed E-state index contributed by atoms with van der Waals surface area (Å²) in [6.45, 7) is 5.93. The molecule has 1 amide bonds. The molecule has 0 bridgehead atoms. The molecule has 29 heavy (non-hydrogen) atoms. The zero-order valence-corrected chi connectivity index (χ0v) is 17.9. The number of ether oxygens (including phenoxy) is 1. The number of amides is 1. The Kier molecular flexibility index (Phi) is 6.93. The lowest BCUT2D eigenvalue weighted by atomic mass is 10.1. The maximum Gasteiger partial charge on any atom is 0.230 e. The van der Waals surface area contributed by atoms with Crippen LogP contribution in [0, 0.1) is 6.92 Å². The van der Waals surface area contributed by atoms with Gasteiger partial charge in [-0.1, -0.05) is 60.3 Å². The summed E-state index contributed by atoms with van der Waals surface area (Å²) >= 11 is 1.36. The van der Waals surface area contributed by atoms with Crippen molar-refractivity contribution in [3.8, 4) is 5.75 Å². The molecule has 2 aromatic carbocycles. The summed E-state index contributed by atoms with van der Waals surface area (Å²) in [6, 6.07) is 17.7. The smallest absolute Gasteiger partial charge is 0.230 e. The molecule has 0 aliphatic rings. The molecule has 2 atom stereocenters. The number of aromatic nitrogens is 3. The van der Waals surface area contributed by atoms with Gasteiger partial charge >= 0.3 is 0 Å². The maximum atomic E-state index is 12.3. The Morgan fingerprint density at radius 1 is 1.10 bits per heavy atom. The van der Waals surface area contributed by atoms with Crippen LogP contribution >= 0.6 is 11.8 Å². The second-order valence-corrected chi connectivity index (χ2v) is 7.86. The Morgan fingerprint density at radius 2 is 1.79 bits per heavy atom. The predicted octanol–water partition coefficient (Wildman–Crippen LogP) is 4.23. The average Bonchev–Trinajstić information content (AvgIpc) is 3.09. The maximum absolute atomic E-state index is 12.3. The van der Waals surface area contributed by atoms with E-state index in [1.807, 2.05) is 87.0 Å².